The number of carbonyl (C=O) groups is 2. The quantitative estimate of drug-likeness (QED) is 0.556. The summed E-state index contributed by atoms with van der Waals surface area (Å²) in [6, 6.07) is 14.2. The van der Waals surface area contributed by atoms with Crippen molar-refractivity contribution < 1.29 is 32.6 Å². The minimum absolute atomic E-state index is 0.104. The van der Waals surface area contributed by atoms with E-state index in [2.05, 4.69) is 45.8 Å². The Labute approximate surface area is 210 Å². The number of carboxylic acids is 1. The predicted octanol–water partition coefficient (Wildman–Crippen LogP) is 4.02. The Morgan fingerprint density at radius 3 is 2.70 bits per heavy atom. The largest absolute Gasteiger partial charge is 0.493 e. The Balaban J connectivity index is 0.000000355. The summed E-state index contributed by atoms with van der Waals surface area (Å²) in [6.45, 7) is 5.16. The Kier molecular flexibility index (Phi) is 6.09. The fourth-order valence-corrected chi connectivity index (χ4v) is 5.47. The molecule has 1 fully saturated rings. The molecule has 3 aromatic rings. The van der Waals surface area contributed by atoms with Crippen molar-refractivity contribution in [1.29, 1.82) is 0 Å². The number of rotatable bonds is 2. The molecular formula is C26H25F3N4O4. The van der Waals surface area contributed by atoms with Crippen LogP contribution in [-0.2, 0) is 16.8 Å². The summed E-state index contributed by atoms with van der Waals surface area (Å²) >= 11 is 0. The van der Waals surface area contributed by atoms with E-state index in [1.165, 1.54) is 5.69 Å². The number of amides is 1. The van der Waals surface area contributed by atoms with Gasteiger partial charge in [-0.2, -0.15) is 13.2 Å². The van der Waals surface area contributed by atoms with Crippen molar-refractivity contribution in [2.24, 2.45) is 0 Å². The third-order valence-electron chi connectivity index (χ3n) is 7.06. The first-order chi connectivity index (χ1) is 17.7. The van der Waals surface area contributed by atoms with E-state index in [1.807, 2.05) is 35.4 Å². The van der Waals surface area contributed by atoms with Crippen molar-refractivity contribution in [2.75, 3.05) is 31.1 Å². The third kappa shape index (κ3) is 4.17. The van der Waals surface area contributed by atoms with Gasteiger partial charge in [0.15, 0.2) is 5.82 Å². The first-order valence-electron chi connectivity index (χ1n) is 11.9. The monoisotopic (exact) mass is 514 g/mol. The number of likely N-dealkylation sites (N-methyl/N-ethyl adjacent to an activating group) is 1. The molecule has 1 aromatic carbocycles. The first-order valence-corrected chi connectivity index (χ1v) is 11.9. The lowest BCUT2D eigenvalue weighted by molar-refractivity contribution is -0.192. The molecule has 194 valence electrons. The summed E-state index contributed by atoms with van der Waals surface area (Å²) in [5.41, 5.74) is 4.01. The number of fused-ring (bicyclic) bond motifs is 5. The van der Waals surface area contributed by atoms with E-state index in [0.717, 1.165) is 54.3 Å². The maximum atomic E-state index is 13.4. The van der Waals surface area contributed by atoms with Gasteiger partial charge < -0.3 is 24.2 Å². The van der Waals surface area contributed by atoms with E-state index in [9.17, 15) is 18.0 Å². The van der Waals surface area contributed by atoms with Crippen molar-refractivity contribution in [3.63, 3.8) is 0 Å². The van der Waals surface area contributed by atoms with Crippen molar-refractivity contribution in [3.8, 4) is 11.6 Å². The second kappa shape index (κ2) is 9.13. The summed E-state index contributed by atoms with van der Waals surface area (Å²) in [6.07, 6.45) is 0.623. The number of hydrogen-bond acceptors (Lipinski definition) is 5. The number of carbonyl (C=O) groups excluding carboxylic acids is 1. The van der Waals surface area contributed by atoms with Crippen LogP contribution in [0.15, 0.2) is 54.9 Å². The van der Waals surface area contributed by atoms with Crippen LogP contribution in [-0.4, -0.2) is 63.9 Å². The average molecular weight is 515 g/mol. The zero-order chi connectivity index (χ0) is 26.4. The lowest BCUT2D eigenvalue weighted by Gasteiger charge is -2.46. The van der Waals surface area contributed by atoms with Crippen LogP contribution in [0.3, 0.4) is 0 Å². The molecule has 2 aromatic heterocycles. The standard InChI is InChI=1S/C24H24N4O2.C2HF3O2/c1-2-28-19-5-3-11-25-22(19)27-12-4-6-21(27)24(28)10-13-26(16-24)23(29)18-7-8-20-17(15-18)9-14-30-20;3-2(4,5)1(6)7/h3-8,11-12,15H,2,9-10,13-14,16H2,1H3;(H,6,7). The number of carboxylic acid groups (broad SMARTS) is 1. The molecule has 37 heavy (non-hydrogen) atoms. The smallest absolute Gasteiger partial charge is 0.490 e. The molecule has 0 bridgehead atoms. The molecule has 1 N–H and O–H groups in total. The van der Waals surface area contributed by atoms with Gasteiger partial charge in [-0.05, 0) is 61.4 Å². The molecule has 1 saturated heterocycles. The molecule has 3 aliphatic heterocycles. The summed E-state index contributed by atoms with van der Waals surface area (Å²) in [7, 11) is 0. The molecule has 6 rings (SSSR count). The van der Waals surface area contributed by atoms with Crippen molar-refractivity contribution in [3.05, 3.63) is 71.7 Å². The molecule has 0 radical (unpaired) electrons. The number of likely N-dealkylation sites (tertiary alicyclic amines) is 1. The van der Waals surface area contributed by atoms with Gasteiger partial charge in [0.1, 0.15) is 11.3 Å². The third-order valence-corrected chi connectivity index (χ3v) is 7.06. The number of aliphatic carboxylic acids is 1. The fraction of sp³-hybridized carbons (Fsp3) is 0.346. The summed E-state index contributed by atoms with van der Waals surface area (Å²) < 4.78 is 39.5. The lowest BCUT2D eigenvalue weighted by Crippen LogP contribution is -2.52. The summed E-state index contributed by atoms with van der Waals surface area (Å²) in [5, 5.41) is 7.12. The van der Waals surface area contributed by atoms with Crippen LogP contribution < -0.4 is 9.64 Å². The van der Waals surface area contributed by atoms with Crippen molar-refractivity contribution in [2.45, 2.75) is 31.5 Å². The highest BCUT2D eigenvalue weighted by molar-refractivity contribution is 5.95. The molecule has 5 heterocycles. The number of nitrogens with zero attached hydrogens (tertiary/aromatic N) is 4. The molecule has 0 saturated carbocycles. The molecule has 1 atom stereocenters. The van der Waals surface area contributed by atoms with Gasteiger partial charge >= 0.3 is 12.1 Å². The van der Waals surface area contributed by atoms with Crippen molar-refractivity contribution in [1.82, 2.24) is 14.5 Å². The van der Waals surface area contributed by atoms with E-state index in [0.29, 0.717) is 13.2 Å². The number of ether oxygens (including phenoxy) is 1. The molecule has 1 spiro atoms. The van der Waals surface area contributed by atoms with Gasteiger partial charge in [-0.25, -0.2) is 9.78 Å². The zero-order valence-corrected chi connectivity index (χ0v) is 20.0. The van der Waals surface area contributed by atoms with Crippen LogP contribution in [0.2, 0.25) is 0 Å². The van der Waals surface area contributed by atoms with Crippen molar-refractivity contribution >= 4 is 17.6 Å². The maximum absolute atomic E-state index is 13.4. The van der Waals surface area contributed by atoms with E-state index < -0.39 is 12.1 Å². The lowest BCUT2D eigenvalue weighted by atomic mass is 9.89. The highest BCUT2D eigenvalue weighted by Gasteiger charge is 2.50. The Bertz CT molecular complexity index is 1360. The average Bonchev–Trinajstić information content (AvgIpc) is 3.63. The molecule has 3 aliphatic rings. The minimum Gasteiger partial charge on any atom is -0.493 e. The molecule has 8 nitrogen and oxygen atoms in total. The maximum Gasteiger partial charge on any atom is 0.490 e. The van der Waals surface area contributed by atoms with Gasteiger partial charge in [-0.3, -0.25) is 4.79 Å². The van der Waals surface area contributed by atoms with Crippen LogP contribution in [0.5, 0.6) is 5.75 Å². The molecular weight excluding hydrogens is 489 g/mol. The second-order valence-corrected chi connectivity index (χ2v) is 9.09. The Morgan fingerprint density at radius 2 is 1.97 bits per heavy atom. The SMILES string of the molecule is CCN1c2cccnc2-n2cccc2C12CCN(C(=O)c1ccc3c(c1)CCO3)C2.O=C(O)C(F)(F)F. The highest BCUT2D eigenvalue weighted by Crippen LogP contribution is 2.47. The highest BCUT2D eigenvalue weighted by atomic mass is 19.4. The number of pyridine rings is 1. The van der Waals surface area contributed by atoms with Gasteiger partial charge in [0, 0.05) is 44.0 Å². The van der Waals surface area contributed by atoms with Gasteiger partial charge in [0.25, 0.3) is 5.91 Å². The van der Waals surface area contributed by atoms with E-state index in [1.54, 1.807) is 0 Å². The number of anilines is 1. The molecule has 11 heteroatoms. The van der Waals surface area contributed by atoms with E-state index >= 15 is 0 Å². The van der Waals surface area contributed by atoms with Crippen LogP contribution >= 0.6 is 0 Å². The predicted molar refractivity (Wildman–Crippen MR) is 128 cm³/mol. The normalized spacial score (nSPS) is 19.5. The zero-order valence-electron chi connectivity index (χ0n) is 20.0. The summed E-state index contributed by atoms with van der Waals surface area (Å²) in [5.74, 6) is -0.774. The molecule has 1 unspecified atom stereocenters. The Hall–Kier alpha value is -4.02. The van der Waals surface area contributed by atoms with E-state index in [-0.39, 0.29) is 11.4 Å². The van der Waals surface area contributed by atoms with Crippen LogP contribution in [0.4, 0.5) is 18.9 Å². The molecule has 1 amide bonds. The van der Waals surface area contributed by atoms with E-state index in [4.69, 9.17) is 14.6 Å². The number of benzene rings is 1. The van der Waals surface area contributed by atoms with Gasteiger partial charge in [0.05, 0.1) is 18.0 Å². The minimum atomic E-state index is -5.08. The van der Waals surface area contributed by atoms with Gasteiger partial charge in [-0.1, -0.05) is 0 Å². The second-order valence-electron chi connectivity index (χ2n) is 9.09. The van der Waals surface area contributed by atoms with Gasteiger partial charge in [-0.15, -0.1) is 0 Å². The van der Waals surface area contributed by atoms with Crippen LogP contribution in [0.1, 0.15) is 35.0 Å². The number of aromatic nitrogens is 2. The fourth-order valence-electron chi connectivity index (χ4n) is 5.47. The van der Waals surface area contributed by atoms with Crippen LogP contribution in [0, 0.1) is 0 Å². The topological polar surface area (TPSA) is 87.9 Å². The first kappa shape index (κ1) is 24.7. The Morgan fingerprint density at radius 1 is 1.19 bits per heavy atom. The number of alkyl halides is 3. The number of halogens is 3. The summed E-state index contributed by atoms with van der Waals surface area (Å²) in [4.78, 5) is 31.4. The number of hydrogen-bond donors (Lipinski definition) is 1. The van der Waals surface area contributed by atoms with Gasteiger partial charge in [0.2, 0.25) is 0 Å². The molecule has 0 aliphatic carbocycles. The van der Waals surface area contributed by atoms with Crippen LogP contribution in [0.25, 0.3) is 5.82 Å².